The van der Waals surface area contributed by atoms with Gasteiger partial charge in [0, 0.05) is 37.6 Å². The summed E-state index contributed by atoms with van der Waals surface area (Å²) in [6.07, 6.45) is 1.35. The average Bonchev–Trinajstić information content (AvgIpc) is 2.62. The van der Waals surface area contributed by atoms with Crippen molar-refractivity contribution in [3.05, 3.63) is 47.0 Å². The molecule has 2 aliphatic rings. The molecule has 1 N–H and O–H groups in total. The van der Waals surface area contributed by atoms with Gasteiger partial charge in [0.15, 0.2) is 5.11 Å². The maximum absolute atomic E-state index is 12.2. The van der Waals surface area contributed by atoms with Crippen LogP contribution in [0.25, 0.3) is 0 Å². The lowest BCUT2D eigenvalue weighted by atomic mass is 9.93. The average molecular weight is 380 g/mol. The monoisotopic (exact) mass is 379 g/mol. The third-order valence-electron chi connectivity index (χ3n) is 4.73. The summed E-state index contributed by atoms with van der Waals surface area (Å²) >= 11 is 11.7. The topological polar surface area (TPSA) is 44.8 Å². The van der Waals surface area contributed by atoms with Gasteiger partial charge in [0.05, 0.1) is 19.3 Å². The van der Waals surface area contributed by atoms with Crippen molar-refractivity contribution < 1.29 is 9.53 Å². The predicted octanol–water partition coefficient (Wildman–Crippen LogP) is 2.33. The van der Waals surface area contributed by atoms with Crippen LogP contribution in [0.3, 0.4) is 0 Å². The Morgan fingerprint density at radius 1 is 1.44 bits per heavy atom. The molecule has 1 aromatic carbocycles. The van der Waals surface area contributed by atoms with Gasteiger partial charge >= 0.3 is 0 Å². The molecule has 2 fully saturated rings. The number of nitrogens with zero attached hydrogens (tertiary/aromatic N) is 2. The maximum atomic E-state index is 12.2. The summed E-state index contributed by atoms with van der Waals surface area (Å²) in [6, 6.07) is 5.89. The normalized spacial score (nSPS) is 24.0. The molecular weight excluding hydrogens is 358 g/mol. The summed E-state index contributed by atoms with van der Waals surface area (Å²) in [6.45, 7) is 6.78. The van der Waals surface area contributed by atoms with Gasteiger partial charge in [-0.1, -0.05) is 24.2 Å². The van der Waals surface area contributed by atoms with Crippen LogP contribution in [0.1, 0.15) is 23.1 Å². The minimum Gasteiger partial charge on any atom is -0.377 e. The van der Waals surface area contributed by atoms with Crippen molar-refractivity contribution in [2.75, 3.05) is 39.9 Å². The summed E-state index contributed by atoms with van der Waals surface area (Å²) in [5, 5.41) is 4.68. The lowest BCUT2D eigenvalue weighted by molar-refractivity contribution is -0.134. The van der Waals surface area contributed by atoms with Crippen LogP contribution >= 0.6 is 23.8 Å². The van der Waals surface area contributed by atoms with E-state index in [4.69, 9.17) is 28.6 Å². The molecule has 0 unspecified atom stereocenters. The summed E-state index contributed by atoms with van der Waals surface area (Å²) in [7, 11) is 1.98. The lowest BCUT2D eigenvalue weighted by Gasteiger charge is -2.36. The molecule has 2 saturated heterocycles. The van der Waals surface area contributed by atoms with E-state index in [1.165, 1.54) is 6.08 Å². The van der Waals surface area contributed by atoms with Gasteiger partial charge in [-0.2, -0.15) is 0 Å². The van der Waals surface area contributed by atoms with Crippen LogP contribution in [-0.2, 0) is 9.53 Å². The second kappa shape index (κ2) is 7.72. The molecule has 25 heavy (non-hydrogen) atoms. The van der Waals surface area contributed by atoms with Crippen LogP contribution in [0.15, 0.2) is 30.9 Å². The van der Waals surface area contributed by atoms with Crippen LogP contribution in [-0.4, -0.2) is 60.7 Å². The highest BCUT2D eigenvalue weighted by molar-refractivity contribution is 7.80. The van der Waals surface area contributed by atoms with E-state index in [0.717, 1.165) is 29.3 Å². The summed E-state index contributed by atoms with van der Waals surface area (Å²) in [5.41, 5.74) is 2.13. The fourth-order valence-electron chi connectivity index (χ4n) is 3.37. The van der Waals surface area contributed by atoms with Gasteiger partial charge in [0.1, 0.15) is 0 Å². The van der Waals surface area contributed by atoms with Crippen molar-refractivity contribution in [1.29, 1.82) is 0 Å². The number of morpholine rings is 1. The maximum Gasteiger partial charge on any atom is 0.246 e. The Hall–Kier alpha value is -1.63. The molecule has 7 heteroatoms. The molecule has 2 atom stereocenters. The van der Waals surface area contributed by atoms with E-state index in [1.807, 2.05) is 24.1 Å². The highest BCUT2D eigenvalue weighted by atomic mass is 35.5. The molecule has 3 rings (SSSR count). The third-order valence-corrected chi connectivity index (χ3v) is 5.40. The fourth-order valence-corrected chi connectivity index (χ4v) is 3.78. The fraction of sp³-hybridized carbons (Fsp3) is 0.444. The first-order chi connectivity index (χ1) is 12.0. The molecular formula is C18H22ClN3O2S. The molecule has 1 aromatic rings. The molecule has 134 valence electrons. The largest absolute Gasteiger partial charge is 0.377 e. The van der Waals surface area contributed by atoms with Gasteiger partial charge < -0.3 is 19.9 Å². The Morgan fingerprint density at radius 3 is 2.92 bits per heavy atom. The Morgan fingerprint density at radius 2 is 2.20 bits per heavy atom. The molecule has 2 aliphatic heterocycles. The molecule has 1 amide bonds. The SMILES string of the molecule is C=CC(=O)N1CCOC[C@H]1c1cc(Cl)cc([C@@H]2CNC(=S)N(C)C2)c1. The number of hydrogen-bond acceptors (Lipinski definition) is 3. The van der Waals surface area contributed by atoms with Gasteiger partial charge in [-0.15, -0.1) is 0 Å². The highest BCUT2D eigenvalue weighted by Crippen LogP contribution is 2.31. The molecule has 5 nitrogen and oxygen atoms in total. The number of carbonyl (C=O) groups is 1. The van der Waals surface area contributed by atoms with Gasteiger partial charge in [0.2, 0.25) is 5.91 Å². The molecule has 0 saturated carbocycles. The van der Waals surface area contributed by atoms with Crippen molar-refractivity contribution in [3.63, 3.8) is 0 Å². The second-order valence-electron chi connectivity index (χ2n) is 6.41. The van der Waals surface area contributed by atoms with Crippen molar-refractivity contribution in [2.45, 2.75) is 12.0 Å². The van der Waals surface area contributed by atoms with E-state index in [2.05, 4.69) is 18.0 Å². The van der Waals surface area contributed by atoms with Crippen molar-refractivity contribution in [1.82, 2.24) is 15.1 Å². The van der Waals surface area contributed by atoms with E-state index >= 15 is 0 Å². The number of nitrogens with one attached hydrogen (secondary N) is 1. The second-order valence-corrected chi connectivity index (χ2v) is 7.23. The predicted molar refractivity (Wildman–Crippen MR) is 103 cm³/mol. The number of benzene rings is 1. The molecule has 0 spiro atoms. The molecule has 2 heterocycles. The molecule has 0 radical (unpaired) electrons. The number of halogens is 1. The van der Waals surface area contributed by atoms with E-state index in [-0.39, 0.29) is 17.9 Å². The number of amides is 1. The highest BCUT2D eigenvalue weighted by Gasteiger charge is 2.29. The van der Waals surface area contributed by atoms with Crippen LogP contribution < -0.4 is 5.32 Å². The Kier molecular flexibility index (Phi) is 5.61. The summed E-state index contributed by atoms with van der Waals surface area (Å²) in [5.74, 6) is 0.196. The first kappa shape index (κ1) is 18.2. The van der Waals surface area contributed by atoms with Gasteiger partial charge in [-0.3, -0.25) is 4.79 Å². The summed E-state index contributed by atoms with van der Waals surface area (Å²) in [4.78, 5) is 16.0. The third kappa shape index (κ3) is 3.97. The zero-order valence-corrected chi connectivity index (χ0v) is 15.8. The van der Waals surface area contributed by atoms with E-state index in [0.29, 0.717) is 24.8 Å². The van der Waals surface area contributed by atoms with Crippen LogP contribution in [0.4, 0.5) is 0 Å². The van der Waals surface area contributed by atoms with Crippen LogP contribution in [0, 0.1) is 0 Å². The van der Waals surface area contributed by atoms with Crippen LogP contribution in [0.5, 0.6) is 0 Å². The molecule has 0 bridgehead atoms. The minimum absolute atomic E-state index is 0.0840. The summed E-state index contributed by atoms with van der Waals surface area (Å²) < 4.78 is 5.61. The Labute approximate surface area is 158 Å². The smallest absolute Gasteiger partial charge is 0.246 e. The van der Waals surface area contributed by atoms with Crippen LogP contribution in [0.2, 0.25) is 5.02 Å². The van der Waals surface area contributed by atoms with Crippen molar-refractivity contribution in [3.8, 4) is 0 Å². The number of ether oxygens (including phenoxy) is 1. The van der Waals surface area contributed by atoms with E-state index in [9.17, 15) is 4.79 Å². The van der Waals surface area contributed by atoms with Gasteiger partial charge in [-0.05, 0) is 41.6 Å². The van der Waals surface area contributed by atoms with Crippen molar-refractivity contribution >= 4 is 34.8 Å². The quantitative estimate of drug-likeness (QED) is 0.645. The Balaban J connectivity index is 1.89. The first-order valence-electron chi connectivity index (χ1n) is 8.29. The van der Waals surface area contributed by atoms with Gasteiger partial charge in [-0.25, -0.2) is 0 Å². The minimum atomic E-state index is -0.146. The zero-order valence-electron chi connectivity index (χ0n) is 14.2. The lowest BCUT2D eigenvalue weighted by Crippen LogP contribution is -2.48. The van der Waals surface area contributed by atoms with E-state index in [1.54, 1.807) is 4.90 Å². The number of thiocarbonyl (C=S) groups is 1. The standard InChI is InChI=1S/C18H22ClN3O2S/c1-3-17(23)22-4-5-24-11-16(22)13-6-12(7-15(19)8-13)14-9-20-18(25)21(2)10-14/h3,6-8,14,16H,1,4-5,9-11H2,2H3,(H,20,25)/t14-,16+/m1/s1. The molecule has 0 aliphatic carbocycles. The number of carbonyl (C=O) groups excluding carboxylic acids is 1. The van der Waals surface area contributed by atoms with E-state index < -0.39 is 0 Å². The van der Waals surface area contributed by atoms with Gasteiger partial charge in [0.25, 0.3) is 0 Å². The number of hydrogen-bond donors (Lipinski definition) is 1. The number of rotatable bonds is 3. The Bertz CT molecular complexity index is 697. The van der Waals surface area contributed by atoms with Crippen molar-refractivity contribution in [2.24, 2.45) is 0 Å². The first-order valence-corrected chi connectivity index (χ1v) is 9.08. The number of likely N-dealkylation sites (N-methyl/N-ethyl adjacent to an activating group) is 1. The zero-order chi connectivity index (χ0) is 18.0. The molecule has 0 aromatic heterocycles.